The molecule has 0 saturated heterocycles. The van der Waals surface area contributed by atoms with Crippen molar-refractivity contribution in [3.8, 4) is 6.07 Å². The van der Waals surface area contributed by atoms with Crippen molar-refractivity contribution >= 4 is 15.7 Å². The van der Waals surface area contributed by atoms with Crippen LogP contribution in [0.2, 0.25) is 0 Å². The first-order chi connectivity index (χ1) is 7.89. The Morgan fingerprint density at radius 3 is 2.24 bits per heavy atom. The topological polar surface area (TPSA) is 70.0 Å². The van der Waals surface area contributed by atoms with Crippen LogP contribution in [-0.4, -0.2) is 13.7 Å². The molecule has 1 aromatic carbocycles. The molecule has 1 aromatic rings. The average Bonchev–Trinajstić information content (AvgIpc) is 2.15. The van der Waals surface area contributed by atoms with Crippen molar-refractivity contribution in [2.45, 2.75) is 32.4 Å². The predicted molar refractivity (Wildman–Crippen MR) is 68.2 cm³/mol. The van der Waals surface area contributed by atoms with E-state index >= 15 is 0 Å². The number of nitriles is 1. The molecule has 0 saturated carbocycles. The molecular formula is C12H16N2O2S. The number of anilines is 1. The zero-order valence-corrected chi connectivity index (χ0v) is 11.0. The number of hydrogen-bond acceptors (Lipinski definition) is 3. The summed E-state index contributed by atoms with van der Waals surface area (Å²) in [5.74, 6) is 0. The van der Waals surface area contributed by atoms with Gasteiger partial charge in [-0.05, 0) is 43.5 Å². The Hall–Kier alpha value is -1.54. The molecule has 0 aliphatic carbocycles. The van der Waals surface area contributed by atoms with Gasteiger partial charge in [0.05, 0.1) is 6.07 Å². The highest BCUT2D eigenvalue weighted by Crippen LogP contribution is 2.17. The van der Waals surface area contributed by atoms with Crippen molar-refractivity contribution in [1.82, 2.24) is 0 Å². The molecule has 0 amide bonds. The largest absolute Gasteiger partial charge is 0.282 e. The molecule has 0 aliphatic heterocycles. The van der Waals surface area contributed by atoms with E-state index in [-0.39, 0.29) is 6.42 Å². The molecule has 1 atom stereocenters. The summed E-state index contributed by atoms with van der Waals surface area (Å²) in [6.07, 6.45) is 0.274. The molecular weight excluding hydrogens is 236 g/mol. The average molecular weight is 252 g/mol. The van der Waals surface area contributed by atoms with E-state index in [4.69, 9.17) is 5.26 Å². The molecule has 1 unspecified atom stereocenters. The minimum atomic E-state index is -3.62. The number of rotatable bonds is 4. The van der Waals surface area contributed by atoms with Gasteiger partial charge in [0.1, 0.15) is 0 Å². The molecule has 0 fully saturated rings. The Balaban J connectivity index is 3.02. The number of hydrogen-bond donors (Lipinski definition) is 1. The zero-order chi connectivity index (χ0) is 13.1. The van der Waals surface area contributed by atoms with Gasteiger partial charge in [0, 0.05) is 5.69 Å². The van der Waals surface area contributed by atoms with Gasteiger partial charge >= 0.3 is 0 Å². The Morgan fingerprint density at radius 1 is 1.29 bits per heavy atom. The summed E-state index contributed by atoms with van der Waals surface area (Å²) in [5, 5.41) is 7.77. The second-order valence-corrected chi connectivity index (χ2v) is 5.91. The van der Waals surface area contributed by atoms with E-state index in [9.17, 15) is 8.42 Å². The molecule has 0 aromatic heterocycles. The highest BCUT2D eigenvalue weighted by atomic mass is 32.2. The lowest BCUT2D eigenvalue weighted by atomic mass is 10.1. The van der Waals surface area contributed by atoms with Crippen LogP contribution in [0.3, 0.4) is 0 Å². The Morgan fingerprint density at radius 2 is 1.82 bits per heavy atom. The van der Waals surface area contributed by atoms with Crippen molar-refractivity contribution in [1.29, 1.82) is 5.26 Å². The first kappa shape index (κ1) is 13.5. The molecule has 0 heterocycles. The van der Waals surface area contributed by atoms with Crippen LogP contribution in [0.5, 0.6) is 0 Å². The smallest absolute Gasteiger partial charge is 0.249 e. The summed E-state index contributed by atoms with van der Waals surface area (Å²) in [6.45, 7) is 5.47. The van der Waals surface area contributed by atoms with Crippen LogP contribution in [0.4, 0.5) is 5.69 Å². The summed E-state index contributed by atoms with van der Waals surface area (Å²) >= 11 is 0. The highest BCUT2D eigenvalue weighted by molar-refractivity contribution is 7.93. The molecule has 0 bridgehead atoms. The number of nitrogens with one attached hydrogen (secondary N) is 1. The molecule has 5 heteroatoms. The predicted octanol–water partition coefficient (Wildman–Crippen LogP) is 2.35. The van der Waals surface area contributed by atoms with Crippen LogP contribution >= 0.6 is 0 Å². The molecule has 1 N–H and O–H groups in total. The second-order valence-electron chi connectivity index (χ2n) is 4.05. The third-order valence-electron chi connectivity index (χ3n) is 2.37. The fraction of sp³-hybridized carbons (Fsp3) is 0.417. The molecule has 17 heavy (non-hydrogen) atoms. The molecule has 0 spiro atoms. The summed E-state index contributed by atoms with van der Waals surface area (Å²) in [7, 11) is -3.62. The van der Waals surface area contributed by atoms with Gasteiger partial charge in [-0.3, -0.25) is 4.72 Å². The van der Waals surface area contributed by atoms with E-state index in [0.29, 0.717) is 5.69 Å². The Bertz CT molecular complexity index is 524. The van der Waals surface area contributed by atoms with Gasteiger partial charge in [0.2, 0.25) is 10.0 Å². The molecule has 0 aliphatic rings. The molecule has 0 radical (unpaired) electrons. The van der Waals surface area contributed by atoms with Crippen LogP contribution in [0.25, 0.3) is 0 Å². The van der Waals surface area contributed by atoms with Crippen LogP contribution in [-0.2, 0) is 10.0 Å². The lowest BCUT2D eigenvalue weighted by molar-refractivity contribution is 0.593. The summed E-state index contributed by atoms with van der Waals surface area (Å²) in [4.78, 5) is 0. The van der Waals surface area contributed by atoms with Gasteiger partial charge < -0.3 is 0 Å². The minimum absolute atomic E-state index is 0.274. The number of sulfonamides is 1. The standard InChI is InChI=1S/C12H16N2O2S/c1-4-12(8-13)17(15,16)14-11-6-9(2)5-10(3)7-11/h5-7,12,14H,4H2,1-3H3. The number of aryl methyl sites for hydroxylation is 2. The normalized spacial score (nSPS) is 12.8. The molecule has 1 rings (SSSR count). The van der Waals surface area contributed by atoms with Crippen LogP contribution < -0.4 is 4.72 Å². The summed E-state index contributed by atoms with van der Waals surface area (Å²) < 4.78 is 26.2. The summed E-state index contributed by atoms with van der Waals surface area (Å²) in [5.41, 5.74) is 2.47. The third kappa shape index (κ3) is 3.46. The van der Waals surface area contributed by atoms with Gasteiger partial charge in [0.15, 0.2) is 5.25 Å². The van der Waals surface area contributed by atoms with E-state index in [1.807, 2.05) is 19.9 Å². The van der Waals surface area contributed by atoms with Crippen molar-refractivity contribution in [2.24, 2.45) is 0 Å². The van der Waals surface area contributed by atoms with Gasteiger partial charge in [-0.15, -0.1) is 0 Å². The van der Waals surface area contributed by atoms with Crippen molar-refractivity contribution in [3.05, 3.63) is 29.3 Å². The van der Waals surface area contributed by atoms with Crippen molar-refractivity contribution < 1.29 is 8.42 Å². The summed E-state index contributed by atoms with van der Waals surface area (Å²) in [6, 6.07) is 7.24. The maximum absolute atomic E-state index is 11.9. The fourth-order valence-corrected chi connectivity index (χ4v) is 2.82. The molecule has 92 valence electrons. The maximum Gasteiger partial charge on any atom is 0.249 e. The Kier molecular flexibility index (Phi) is 4.13. The van der Waals surface area contributed by atoms with Gasteiger partial charge in [-0.1, -0.05) is 13.0 Å². The van der Waals surface area contributed by atoms with Gasteiger partial charge in [0.25, 0.3) is 0 Å². The van der Waals surface area contributed by atoms with Crippen molar-refractivity contribution in [3.63, 3.8) is 0 Å². The second kappa shape index (κ2) is 5.19. The Labute approximate surface area is 102 Å². The van der Waals surface area contributed by atoms with E-state index in [0.717, 1.165) is 11.1 Å². The minimum Gasteiger partial charge on any atom is -0.282 e. The van der Waals surface area contributed by atoms with E-state index in [1.165, 1.54) is 0 Å². The lowest BCUT2D eigenvalue weighted by Crippen LogP contribution is -2.26. The lowest BCUT2D eigenvalue weighted by Gasteiger charge is -2.12. The first-order valence-electron chi connectivity index (χ1n) is 5.38. The highest BCUT2D eigenvalue weighted by Gasteiger charge is 2.23. The quantitative estimate of drug-likeness (QED) is 0.894. The number of nitrogens with zero attached hydrogens (tertiary/aromatic N) is 1. The monoisotopic (exact) mass is 252 g/mol. The SMILES string of the molecule is CCC(C#N)S(=O)(=O)Nc1cc(C)cc(C)c1. The fourth-order valence-electron chi connectivity index (χ4n) is 1.65. The van der Waals surface area contributed by atoms with Crippen LogP contribution in [0.15, 0.2) is 18.2 Å². The van der Waals surface area contributed by atoms with Gasteiger partial charge in [-0.25, -0.2) is 8.42 Å². The van der Waals surface area contributed by atoms with E-state index in [2.05, 4.69) is 4.72 Å². The van der Waals surface area contributed by atoms with Crippen LogP contribution in [0, 0.1) is 25.2 Å². The maximum atomic E-state index is 11.9. The van der Waals surface area contributed by atoms with Crippen LogP contribution in [0.1, 0.15) is 24.5 Å². The van der Waals surface area contributed by atoms with E-state index < -0.39 is 15.3 Å². The number of benzene rings is 1. The van der Waals surface area contributed by atoms with Crippen molar-refractivity contribution in [2.75, 3.05) is 4.72 Å². The zero-order valence-electron chi connectivity index (χ0n) is 10.2. The first-order valence-corrected chi connectivity index (χ1v) is 6.93. The van der Waals surface area contributed by atoms with E-state index in [1.54, 1.807) is 25.1 Å². The molecule has 4 nitrogen and oxygen atoms in total. The third-order valence-corrected chi connectivity index (χ3v) is 4.08. The van der Waals surface area contributed by atoms with Gasteiger partial charge in [-0.2, -0.15) is 5.26 Å².